The van der Waals surface area contributed by atoms with Gasteiger partial charge < -0.3 is 11.5 Å². The van der Waals surface area contributed by atoms with E-state index in [2.05, 4.69) is 0 Å². The van der Waals surface area contributed by atoms with Gasteiger partial charge in [-0.05, 0) is 12.1 Å². The van der Waals surface area contributed by atoms with Crippen LogP contribution in [0.4, 0.5) is 14.5 Å². The van der Waals surface area contributed by atoms with Gasteiger partial charge in [0, 0.05) is 16.8 Å². The van der Waals surface area contributed by atoms with Crippen LogP contribution < -0.4 is 11.5 Å². The van der Waals surface area contributed by atoms with Crippen molar-refractivity contribution in [3.05, 3.63) is 29.3 Å². The summed E-state index contributed by atoms with van der Waals surface area (Å²) in [6.07, 6.45) is -2.72. The molecule has 4 N–H and O–H groups in total. The molecule has 1 amide bonds. The number of benzene rings is 1. The number of amides is 1. The van der Waals surface area contributed by atoms with Crippen LogP contribution in [-0.4, -0.2) is 5.91 Å². The summed E-state index contributed by atoms with van der Waals surface area (Å²) in [6, 6.07) is 3.54. The van der Waals surface area contributed by atoms with Crippen LogP contribution >= 0.6 is 0 Å². The minimum Gasteiger partial charge on any atom is -0.399 e. The monoisotopic (exact) mass is 186 g/mol. The fourth-order valence-electron chi connectivity index (χ4n) is 0.978. The summed E-state index contributed by atoms with van der Waals surface area (Å²) in [5.74, 6) is -0.900. The number of nitrogens with two attached hydrogens (primary N) is 2. The number of anilines is 1. The lowest BCUT2D eigenvalue weighted by molar-refractivity contribution is 0.0986. The number of hydrogen-bond acceptors (Lipinski definition) is 2. The standard InChI is InChI=1S/C8H8F2N2O/c9-7(10)5-2-1-4(11)3-6(5)8(12)13/h1-3,7H,11H2,(H2,12,13). The van der Waals surface area contributed by atoms with Crippen molar-refractivity contribution >= 4 is 11.6 Å². The molecule has 0 radical (unpaired) electrons. The van der Waals surface area contributed by atoms with E-state index in [9.17, 15) is 13.6 Å². The van der Waals surface area contributed by atoms with Gasteiger partial charge in [-0.3, -0.25) is 4.79 Å². The number of rotatable bonds is 2. The van der Waals surface area contributed by atoms with Crippen LogP contribution in [0.1, 0.15) is 22.3 Å². The second-order valence-electron chi connectivity index (χ2n) is 2.51. The van der Waals surface area contributed by atoms with Crippen LogP contribution in [0, 0.1) is 0 Å². The van der Waals surface area contributed by atoms with Gasteiger partial charge in [0.1, 0.15) is 0 Å². The predicted molar refractivity (Wildman–Crippen MR) is 44.3 cm³/mol. The molecule has 0 atom stereocenters. The summed E-state index contributed by atoms with van der Waals surface area (Å²) in [5.41, 5.74) is 9.83. The van der Waals surface area contributed by atoms with Gasteiger partial charge in [-0.15, -0.1) is 0 Å². The first-order valence-corrected chi connectivity index (χ1v) is 3.49. The van der Waals surface area contributed by atoms with Crippen molar-refractivity contribution in [1.82, 2.24) is 0 Å². The molecule has 0 fully saturated rings. The van der Waals surface area contributed by atoms with Gasteiger partial charge in [0.2, 0.25) is 5.91 Å². The highest BCUT2D eigenvalue weighted by Gasteiger charge is 2.16. The van der Waals surface area contributed by atoms with Crippen molar-refractivity contribution in [2.75, 3.05) is 5.73 Å². The zero-order valence-electron chi connectivity index (χ0n) is 6.63. The summed E-state index contributed by atoms with van der Waals surface area (Å²) in [6.45, 7) is 0. The molecule has 0 heterocycles. The molecule has 1 aromatic rings. The third kappa shape index (κ3) is 1.93. The Hall–Kier alpha value is -1.65. The van der Waals surface area contributed by atoms with Gasteiger partial charge in [0.15, 0.2) is 0 Å². The molecule has 0 spiro atoms. The Labute approximate surface area is 73.3 Å². The molecule has 0 aliphatic rings. The van der Waals surface area contributed by atoms with Crippen LogP contribution in [0.2, 0.25) is 0 Å². The maximum Gasteiger partial charge on any atom is 0.264 e. The second kappa shape index (κ2) is 3.38. The van der Waals surface area contributed by atoms with Crippen molar-refractivity contribution in [1.29, 1.82) is 0 Å². The first-order valence-electron chi connectivity index (χ1n) is 3.49. The Balaban J connectivity index is 3.27. The predicted octanol–water partition coefficient (Wildman–Crippen LogP) is 1.31. The average molecular weight is 186 g/mol. The lowest BCUT2D eigenvalue weighted by atomic mass is 10.1. The molecule has 5 heteroatoms. The molecule has 0 aromatic heterocycles. The van der Waals surface area contributed by atoms with E-state index in [1.807, 2.05) is 0 Å². The molecule has 1 rings (SSSR count). The summed E-state index contributed by atoms with van der Waals surface area (Å²) in [5, 5.41) is 0. The van der Waals surface area contributed by atoms with Crippen LogP contribution in [0.25, 0.3) is 0 Å². The first-order chi connectivity index (χ1) is 6.02. The number of nitrogen functional groups attached to an aromatic ring is 1. The van der Waals surface area contributed by atoms with Crippen LogP contribution in [0.3, 0.4) is 0 Å². The fourth-order valence-corrected chi connectivity index (χ4v) is 0.978. The zero-order valence-corrected chi connectivity index (χ0v) is 6.63. The molecule has 13 heavy (non-hydrogen) atoms. The van der Waals surface area contributed by atoms with E-state index in [4.69, 9.17) is 11.5 Å². The molecule has 0 aliphatic carbocycles. The number of alkyl halides is 2. The molecule has 3 nitrogen and oxygen atoms in total. The average Bonchev–Trinajstić information content (AvgIpc) is 2.03. The lowest BCUT2D eigenvalue weighted by Crippen LogP contribution is -2.14. The van der Waals surface area contributed by atoms with Crippen molar-refractivity contribution in [3.63, 3.8) is 0 Å². The van der Waals surface area contributed by atoms with Crippen molar-refractivity contribution < 1.29 is 13.6 Å². The number of carbonyl (C=O) groups excluding carboxylic acids is 1. The van der Waals surface area contributed by atoms with Gasteiger partial charge >= 0.3 is 0 Å². The normalized spacial score (nSPS) is 10.4. The Kier molecular flexibility index (Phi) is 2.46. The van der Waals surface area contributed by atoms with Gasteiger partial charge in [0.25, 0.3) is 6.43 Å². The molecule has 0 bridgehead atoms. The molecule has 0 saturated carbocycles. The minimum absolute atomic E-state index is 0.227. The molecule has 70 valence electrons. The Morgan fingerprint density at radius 3 is 2.46 bits per heavy atom. The van der Waals surface area contributed by atoms with Gasteiger partial charge in [-0.2, -0.15) is 0 Å². The van der Waals surface area contributed by atoms with Crippen molar-refractivity contribution in [2.45, 2.75) is 6.43 Å². The maximum absolute atomic E-state index is 12.3. The molecule has 0 saturated heterocycles. The summed E-state index contributed by atoms with van der Waals surface area (Å²) in [7, 11) is 0. The number of halogens is 2. The molecule has 0 unspecified atom stereocenters. The first kappa shape index (κ1) is 9.44. The van der Waals surface area contributed by atoms with E-state index in [1.165, 1.54) is 6.07 Å². The third-order valence-electron chi connectivity index (χ3n) is 1.58. The fraction of sp³-hybridized carbons (Fsp3) is 0.125. The van der Waals surface area contributed by atoms with E-state index < -0.39 is 12.3 Å². The Morgan fingerprint density at radius 2 is 2.00 bits per heavy atom. The number of hydrogen-bond donors (Lipinski definition) is 2. The van der Waals surface area contributed by atoms with E-state index in [0.717, 1.165) is 12.1 Å². The van der Waals surface area contributed by atoms with Gasteiger partial charge in [0.05, 0.1) is 0 Å². The van der Waals surface area contributed by atoms with Crippen LogP contribution in [-0.2, 0) is 0 Å². The summed E-state index contributed by atoms with van der Waals surface area (Å²) in [4.78, 5) is 10.7. The lowest BCUT2D eigenvalue weighted by Gasteiger charge is -2.05. The second-order valence-corrected chi connectivity index (χ2v) is 2.51. The topological polar surface area (TPSA) is 69.1 Å². The zero-order chi connectivity index (χ0) is 10.0. The highest BCUT2D eigenvalue weighted by Crippen LogP contribution is 2.24. The van der Waals surface area contributed by atoms with Gasteiger partial charge in [-0.25, -0.2) is 8.78 Å². The van der Waals surface area contributed by atoms with E-state index in [0.29, 0.717) is 0 Å². The van der Waals surface area contributed by atoms with E-state index >= 15 is 0 Å². The Morgan fingerprint density at radius 1 is 1.38 bits per heavy atom. The van der Waals surface area contributed by atoms with Gasteiger partial charge in [-0.1, -0.05) is 6.07 Å². The van der Waals surface area contributed by atoms with Crippen LogP contribution in [0.5, 0.6) is 0 Å². The number of primary amides is 1. The minimum atomic E-state index is -2.72. The van der Waals surface area contributed by atoms with E-state index in [1.54, 1.807) is 0 Å². The summed E-state index contributed by atoms with van der Waals surface area (Å²) < 4.78 is 24.5. The largest absolute Gasteiger partial charge is 0.399 e. The highest BCUT2D eigenvalue weighted by atomic mass is 19.3. The van der Waals surface area contributed by atoms with Crippen molar-refractivity contribution in [2.24, 2.45) is 5.73 Å². The molecule has 0 aliphatic heterocycles. The molecular formula is C8H8F2N2O. The SMILES string of the molecule is NC(=O)c1cc(N)ccc1C(F)F. The number of carbonyl (C=O) groups is 1. The maximum atomic E-state index is 12.3. The Bertz CT molecular complexity index is 339. The molecular weight excluding hydrogens is 178 g/mol. The van der Waals surface area contributed by atoms with Crippen LogP contribution in [0.15, 0.2) is 18.2 Å². The van der Waals surface area contributed by atoms with E-state index in [-0.39, 0.29) is 16.8 Å². The smallest absolute Gasteiger partial charge is 0.264 e. The highest BCUT2D eigenvalue weighted by molar-refractivity contribution is 5.95. The summed E-state index contributed by atoms with van der Waals surface area (Å²) >= 11 is 0. The third-order valence-corrected chi connectivity index (χ3v) is 1.58. The van der Waals surface area contributed by atoms with Crippen molar-refractivity contribution in [3.8, 4) is 0 Å². The quantitative estimate of drug-likeness (QED) is 0.683. The molecule has 1 aromatic carbocycles.